The molecule has 1 aliphatic rings. The van der Waals surface area contributed by atoms with E-state index in [-0.39, 0.29) is 146 Å². The van der Waals surface area contributed by atoms with Gasteiger partial charge in [-0.1, -0.05) is 127 Å². The third-order valence-electron chi connectivity index (χ3n) is 16.8. The number of guanidine groups is 5. The van der Waals surface area contributed by atoms with Crippen LogP contribution >= 0.6 is 0 Å². The summed E-state index contributed by atoms with van der Waals surface area (Å²) in [6.07, 6.45) is -0.623. The van der Waals surface area contributed by atoms with Crippen LogP contribution in [0.25, 0.3) is 32.3 Å². The van der Waals surface area contributed by atoms with E-state index < -0.39 is 95.6 Å². The summed E-state index contributed by atoms with van der Waals surface area (Å²) < 4.78 is 0. The second-order valence-electron chi connectivity index (χ2n) is 24.6. The molecule has 28 N–H and O–H groups in total. The molecule has 8 amide bonds. The number of nitrogens with two attached hydrogens (primary N) is 5. The maximum absolute atomic E-state index is 15.6. The molecule has 1 saturated heterocycles. The molecule has 0 saturated carbocycles. The number of amides is 8. The lowest BCUT2D eigenvalue weighted by molar-refractivity contribution is -0.137. The molecule has 6 aromatic carbocycles. The van der Waals surface area contributed by atoms with Crippen molar-refractivity contribution in [2.24, 2.45) is 28.7 Å². The van der Waals surface area contributed by atoms with Gasteiger partial charge in [0.25, 0.3) is 0 Å². The molecule has 1 aliphatic heterocycles. The Bertz CT molecular complexity index is 3810. The van der Waals surface area contributed by atoms with Crippen LogP contribution in [0.3, 0.4) is 0 Å². The van der Waals surface area contributed by atoms with Crippen molar-refractivity contribution in [3.05, 3.63) is 144 Å². The highest BCUT2D eigenvalue weighted by molar-refractivity contribution is 6.00. The van der Waals surface area contributed by atoms with Crippen LogP contribution in [0.5, 0.6) is 0 Å². The molecule has 100 heavy (non-hydrogen) atoms. The first kappa shape index (κ1) is 75.6. The average molecular weight is 1370 g/mol. The molecule has 0 aromatic heterocycles. The Balaban J connectivity index is 1.39. The van der Waals surface area contributed by atoms with Crippen LogP contribution in [-0.4, -0.2) is 158 Å². The Hall–Kier alpha value is -11.8. The second kappa shape index (κ2) is 38.2. The minimum atomic E-state index is -1.49. The molecule has 0 unspecified atom stereocenters. The van der Waals surface area contributed by atoms with Crippen LogP contribution in [0.4, 0.5) is 0 Å². The fraction of sp³-hybridized carbons (Fsp3) is 0.377. The third kappa shape index (κ3) is 24.7. The number of rotatable bonds is 26. The first-order valence-corrected chi connectivity index (χ1v) is 33.2. The van der Waals surface area contributed by atoms with Gasteiger partial charge in [-0.15, -0.1) is 0 Å². The van der Waals surface area contributed by atoms with Gasteiger partial charge >= 0.3 is 0 Å². The summed E-state index contributed by atoms with van der Waals surface area (Å²) in [5.41, 5.74) is 29.9. The number of hydrogen-bond acceptors (Lipinski definition) is 13. The summed E-state index contributed by atoms with van der Waals surface area (Å²) in [4.78, 5) is 122. The molecule has 1 fully saturated rings. The molecule has 8 atom stereocenters. The van der Waals surface area contributed by atoms with Gasteiger partial charge in [-0.3, -0.25) is 65.4 Å². The Morgan fingerprint density at radius 3 is 0.650 bits per heavy atom. The number of carbonyl (C=O) groups is 8. The van der Waals surface area contributed by atoms with Crippen molar-refractivity contribution in [3.63, 3.8) is 0 Å². The zero-order valence-corrected chi connectivity index (χ0v) is 55.6. The monoisotopic (exact) mass is 1370 g/mol. The van der Waals surface area contributed by atoms with E-state index >= 15 is 28.8 Å². The van der Waals surface area contributed by atoms with Gasteiger partial charge in [-0.25, -0.2) is 0 Å². The van der Waals surface area contributed by atoms with E-state index in [1.807, 2.05) is 109 Å². The summed E-state index contributed by atoms with van der Waals surface area (Å²) in [5, 5.41) is 80.0. The van der Waals surface area contributed by atoms with Gasteiger partial charge in [0, 0.05) is 52.0 Å². The number of carbonyl (C=O) groups excluding carboxylic acids is 8. The van der Waals surface area contributed by atoms with Crippen molar-refractivity contribution in [1.29, 1.82) is 27.0 Å². The normalized spacial score (nSPS) is 19.9. The highest BCUT2D eigenvalue weighted by Gasteiger charge is 2.37. The highest BCUT2D eigenvalue weighted by Crippen LogP contribution is 2.22. The van der Waals surface area contributed by atoms with Crippen LogP contribution in [0.15, 0.2) is 127 Å². The molecular weight excluding hydrogens is 1280 g/mol. The van der Waals surface area contributed by atoms with Gasteiger partial charge in [0.2, 0.25) is 47.3 Å². The van der Waals surface area contributed by atoms with E-state index in [9.17, 15) is 9.59 Å². The Labute approximate surface area is 578 Å². The van der Waals surface area contributed by atoms with Gasteiger partial charge in [0.15, 0.2) is 29.8 Å². The van der Waals surface area contributed by atoms with Crippen LogP contribution < -0.4 is 97.8 Å². The molecular formula is C69H93N23O8. The van der Waals surface area contributed by atoms with Gasteiger partial charge in [0.05, 0.1) is 0 Å². The van der Waals surface area contributed by atoms with Gasteiger partial charge in [0.1, 0.15) is 48.3 Å². The average Bonchev–Trinajstić information content (AvgIpc) is 0.823. The summed E-state index contributed by atoms with van der Waals surface area (Å²) in [6.45, 7) is 0.280. The van der Waals surface area contributed by atoms with Crippen molar-refractivity contribution in [2.45, 2.75) is 132 Å². The van der Waals surface area contributed by atoms with Crippen molar-refractivity contribution < 1.29 is 38.4 Å². The number of benzene rings is 6. The summed E-state index contributed by atoms with van der Waals surface area (Å²) in [7, 11) is 0. The topological polar surface area (TPSA) is 542 Å². The minimum absolute atomic E-state index is 0.0505. The lowest BCUT2D eigenvalue weighted by atomic mass is 9.97. The molecule has 31 nitrogen and oxygen atoms in total. The van der Waals surface area contributed by atoms with Crippen LogP contribution in [-0.2, 0) is 57.6 Å². The zero-order valence-electron chi connectivity index (χ0n) is 55.6. The van der Waals surface area contributed by atoms with E-state index in [0.717, 1.165) is 32.3 Å². The molecule has 7 rings (SSSR count). The molecule has 0 aliphatic carbocycles. The minimum Gasteiger partial charge on any atom is -0.370 e. The Morgan fingerprint density at radius 1 is 0.270 bits per heavy atom. The number of hydrogen-bond donors (Lipinski definition) is 23. The number of fused-ring (bicyclic) bond motifs is 3. The lowest BCUT2D eigenvalue weighted by Crippen LogP contribution is -2.62. The molecule has 1 heterocycles. The summed E-state index contributed by atoms with van der Waals surface area (Å²) >= 11 is 0. The standard InChI is InChI=1S/C69H93N23O8/c70-65(71)80-29-7-18-49-57(93)86-51(20-9-31-82-67(74)75)59(95)88-53(22-11-33-84-69(78)79)61(97)90-55(38-41-24-27-44-13-2-5-16-47(44)35-41)63(99)92-56(39-42-25-28-45-14-3-6-17-48(45)36-42)64(100)91-54(37-40-23-26-43-12-1-4-15-46(43)34-40)62(98)89-52(21-10-32-83-68(76)77)60(96)87-50(58(94)85-49)19-8-30-81-66(72)73/h1-6,12-17,23-28,34-36,49-56H,7-11,18-22,29-33,37-39H2,(H,85,94)(H,86,93)(H,87,96)(H,88,95)(H,89,98)(H,90,97)(H,91,100)(H,92,99)(H4,70,71,80)(H4,72,73,81)(H4,74,75,82)(H4,76,77,83)(H4,78,79,84)/t49-,50-,51-,52-,53-,54-,55-,56-/m0/s1. The predicted molar refractivity (Wildman–Crippen MR) is 384 cm³/mol. The Kier molecular flexibility index (Phi) is 28.9. The van der Waals surface area contributed by atoms with Gasteiger partial charge in [-0.2, -0.15) is 0 Å². The van der Waals surface area contributed by atoms with Crippen LogP contribution in [0.2, 0.25) is 0 Å². The fourth-order valence-corrected chi connectivity index (χ4v) is 11.6. The molecule has 532 valence electrons. The summed E-state index contributed by atoms with van der Waals surface area (Å²) in [5.74, 6) is -8.80. The molecule has 6 aromatic rings. The highest BCUT2D eigenvalue weighted by atomic mass is 16.2. The van der Waals surface area contributed by atoms with E-state index in [2.05, 4.69) is 69.1 Å². The zero-order chi connectivity index (χ0) is 72.1. The van der Waals surface area contributed by atoms with Gasteiger partial charge < -0.3 is 97.8 Å². The largest absolute Gasteiger partial charge is 0.370 e. The van der Waals surface area contributed by atoms with Gasteiger partial charge in [-0.05, 0) is 113 Å². The third-order valence-corrected chi connectivity index (χ3v) is 16.8. The SMILES string of the molecule is N=C(N)NCCC[C@@H]1NC(=O)[C@H](CCCNC(=N)N)NC(=O)[C@H](CCCNC(=N)N)NC(=O)[C@H](Cc2ccc3ccccc3c2)NC(=O)[C@H](Cc2ccc3ccccc3c2)NC(=O)[C@H](Cc2ccc3ccccc3c2)NC(=O)[C@H](CCCNC(=N)N)NC(=O)[C@H](CCCNC(=N)N)NC1=O. The van der Waals surface area contributed by atoms with E-state index in [1.165, 1.54) is 0 Å². The van der Waals surface area contributed by atoms with Crippen molar-refractivity contribution in [1.82, 2.24) is 69.1 Å². The quantitative estimate of drug-likeness (QED) is 0.0183. The number of nitrogens with one attached hydrogen (secondary N) is 18. The van der Waals surface area contributed by atoms with Crippen molar-refractivity contribution in [3.8, 4) is 0 Å². The summed E-state index contributed by atoms with van der Waals surface area (Å²) in [6, 6.07) is 27.3. The van der Waals surface area contributed by atoms with Crippen LogP contribution in [0, 0.1) is 27.0 Å². The first-order valence-electron chi connectivity index (χ1n) is 33.2. The van der Waals surface area contributed by atoms with E-state index in [4.69, 9.17) is 55.7 Å². The maximum Gasteiger partial charge on any atom is 0.243 e. The second-order valence-corrected chi connectivity index (χ2v) is 24.6. The molecule has 0 radical (unpaired) electrons. The molecule has 0 spiro atoms. The maximum atomic E-state index is 15.6. The molecule has 0 bridgehead atoms. The van der Waals surface area contributed by atoms with Crippen molar-refractivity contribution >= 4 is 109 Å². The van der Waals surface area contributed by atoms with Crippen LogP contribution in [0.1, 0.15) is 80.9 Å². The van der Waals surface area contributed by atoms with E-state index in [1.54, 1.807) is 18.2 Å². The van der Waals surface area contributed by atoms with E-state index in [0.29, 0.717) is 16.7 Å². The molecule has 31 heteroatoms. The predicted octanol–water partition coefficient (Wildman–Crippen LogP) is -0.618. The van der Waals surface area contributed by atoms with Crippen molar-refractivity contribution in [2.75, 3.05) is 32.7 Å². The Morgan fingerprint density at radius 2 is 0.450 bits per heavy atom. The fourth-order valence-electron chi connectivity index (χ4n) is 11.6. The lowest BCUT2D eigenvalue weighted by Gasteiger charge is -2.29. The smallest absolute Gasteiger partial charge is 0.243 e. The first-order chi connectivity index (χ1) is 48.0.